The van der Waals surface area contributed by atoms with Crippen molar-refractivity contribution in [2.75, 3.05) is 7.11 Å². The van der Waals surface area contributed by atoms with Crippen molar-refractivity contribution in [2.24, 2.45) is 0 Å². The average molecular weight is 283 g/mol. The Bertz CT molecular complexity index is 382. The summed E-state index contributed by atoms with van der Waals surface area (Å²) in [4.78, 5) is 23.5. The van der Waals surface area contributed by atoms with Gasteiger partial charge in [0.1, 0.15) is 11.6 Å². The van der Waals surface area contributed by atoms with Gasteiger partial charge in [-0.3, -0.25) is 0 Å². The molecule has 1 aliphatic carbocycles. The topological polar surface area (TPSA) is 64.6 Å². The van der Waals surface area contributed by atoms with Gasteiger partial charge in [-0.25, -0.2) is 9.59 Å². The number of rotatable bonds is 4. The van der Waals surface area contributed by atoms with E-state index in [1.807, 2.05) is 0 Å². The number of alkyl carbamates (subject to hydrolysis) is 1. The van der Waals surface area contributed by atoms with Crippen LogP contribution in [-0.2, 0) is 14.3 Å². The third kappa shape index (κ3) is 6.08. The lowest BCUT2D eigenvalue weighted by atomic mass is 9.94. The highest BCUT2D eigenvalue weighted by Crippen LogP contribution is 2.22. The molecular weight excluding hydrogens is 258 g/mol. The Morgan fingerprint density at radius 1 is 1.35 bits per heavy atom. The number of esters is 1. The first kappa shape index (κ1) is 16.5. The predicted octanol–water partition coefficient (Wildman–Crippen LogP) is 2.94. The molecule has 1 N–H and O–H groups in total. The first-order chi connectivity index (χ1) is 9.31. The standard InChI is InChI=1S/C15H25NO4/c1-15(2,3)20-14(18)16-12(13(17)19-4)10-11-8-6-5-7-9-11/h8,12H,5-7,9-10H2,1-4H3,(H,16,18)/t12-/m0/s1. The maximum Gasteiger partial charge on any atom is 0.408 e. The monoisotopic (exact) mass is 283 g/mol. The Hall–Kier alpha value is -1.52. The lowest BCUT2D eigenvalue weighted by Crippen LogP contribution is -2.44. The summed E-state index contributed by atoms with van der Waals surface area (Å²) in [5.41, 5.74) is 0.609. The summed E-state index contributed by atoms with van der Waals surface area (Å²) in [6.45, 7) is 5.34. The minimum Gasteiger partial charge on any atom is -0.467 e. The van der Waals surface area contributed by atoms with Crippen LogP contribution in [0.2, 0.25) is 0 Å². The molecule has 0 radical (unpaired) electrons. The van der Waals surface area contributed by atoms with Crippen molar-refractivity contribution in [1.29, 1.82) is 0 Å². The van der Waals surface area contributed by atoms with Crippen molar-refractivity contribution in [1.82, 2.24) is 5.32 Å². The fraction of sp³-hybridized carbons (Fsp3) is 0.733. The maximum atomic E-state index is 11.8. The van der Waals surface area contributed by atoms with Crippen LogP contribution in [-0.4, -0.2) is 30.8 Å². The van der Waals surface area contributed by atoms with E-state index < -0.39 is 23.7 Å². The van der Waals surface area contributed by atoms with E-state index in [0.29, 0.717) is 6.42 Å². The van der Waals surface area contributed by atoms with E-state index >= 15 is 0 Å². The van der Waals surface area contributed by atoms with Crippen LogP contribution < -0.4 is 5.32 Å². The fourth-order valence-electron chi connectivity index (χ4n) is 2.14. The molecule has 1 atom stereocenters. The van der Waals surface area contributed by atoms with Crippen molar-refractivity contribution in [3.8, 4) is 0 Å². The average Bonchev–Trinajstić information content (AvgIpc) is 2.36. The fourth-order valence-corrected chi connectivity index (χ4v) is 2.14. The molecule has 114 valence electrons. The quantitative estimate of drug-likeness (QED) is 0.636. The van der Waals surface area contributed by atoms with Gasteiger partial charge < -0.3 is 14.8 Å². The maximum absolute atomic E-state index is 11.8. The smallest absolute Gasteiger partial charge is 0.408 e. The first-order valence-electron chi connectivity index (χ1n) is 7.07. The van der Waals surface area contributed by atoms with Crippen LogP contribution in [0.5, 0.6) is 0 Å². The van der Waals surface area contributed by atoms with Crippen LogP contribution in [0.1, 0.15) is 52.9 Å². The van der Waals surface area contributed by atoms with Gasteiger partial charge in [0.2, 0.25) is 0 Å². The van der Waals surface area contributed by atoms with E-state index in [-0.39, 0.29) is 0 Å². The number of carbonyl (C=O) groups is 2. The molecule has 0 spiro atoms. The molecule has 1 amide bonds. The number of hydrogen-bond donors (Lipinski definition) is 1. The molecule has 0 heterocycles. The van der Waals surface area contributed by atoms with Gasteiger partial charge in [-0.15, -0.1) is 0 Å². The normalized spacial score (nSPS) is 16.9. The molecule has 0 saturated carbocycles. The van der Waals surface area contributed by atoms with Crippen LogP contribution in [0.4, 0.5) is 4.79 Å². The summed E-state index contributed by atoms with van der Waals surface area (Å²) in [7, 11) is 1.32. The largest absolute Gasteiger partial charge is 0.467 e. The number of methoxy groups -OCH3 is 1. The van der Waals surface area contributed by atoms with Crippen molar-refractivity contribution in [2.45, 2.75) is 64.5 Å². The van der Waals surface area contributed by atoms with Crippen LogP contribution in [0.15, 0.2) is 11.6 Å². The second-order valence-electron chi connectivity index (χ2n) is 6.03. The minimum absolute atomic E-state index is 0.442. The SMILES string of the molecule is COC(=O)[C@H](CC1=CCCCC1)NC(=O)OC(C)(C)C. The lowest BCUT2D eigenvalue weighted by molar-refractivity contribution is -0.143. The van der Waals surface area contributed by atoms with Gasteiger partial charge in [0.25, 0.3) is 0 Å². The lowest BCUT2D eigenvalue weighted by Gasteiger charge is -2.23. The zero-order valence-corrected chi connectivity index (χ0v) is 12.8. The van der Waals surface area contributed by atoms with Gasteiger partial charge in [-0.05, 0) is 52.9 Å². The molecule has 0 aromatic carbocycles. The van der Waals surface area contributed by atoms with E-state index in [1.165, 1.54) is 19.1 Å². The van der Waals surface area contributed by atoms with Gasteiger partial charge >= 0.3 is 12.1 Å². The van der Waals surface area contributed by atoms with Gasteiger partial charge in [-0.1, -0.05) is 11.6 Å². The first-order valence-corrected chi connectivity index (χ1v) is 7.07. The number of ether oxygens (including phenoxy) is 2. The Morgan fingerprint density at radius 2 is 2.05 bits per heavy atom. The molecule has 0 fully saturated rings. The number of carbonyl (C=O) groups excluding carboxylic acids is 2. The van der Waals surface area contributed by atoms with E-state index in [1.54, 1.807) is 20.8 Å². The second-order valence-corrected chi connectivity index (χ2v) is 6.03. The molecular formula is C15H25NO4. The number of hydrogen-bond acceptors (Lipinski definition) is 4. The Balaban J connectivity index is 2.62. The zero-order valence-electron chi connectivity index (χ0n) is 12.8. The zero-order chi connectivity index (χ0) is 15.2. The van der Waals surface area contributed by atoms with E-state index in [4.69, 9.17) is 9.47 Å². The van der Waals surface area contributed by atoms with Crippen molar-refractivity contribution in [3.63, 3.8) is 0 Å². The highest BCUT2D eigenvalue weighted by Gasteiger charge is 2.26. The summed E-state index contributed by atoms with van der Waals surface area (Å²) in [6, 6.07) is -0.681. The van der Waals surface area contributed by atoms with Crippen LogP contribution >= 0.6 is 0 Å². The van der Waals surface area contributed by atoms with Crippen molar-refractivity contribution in [3.05, 3.63) is 11.6 Å². The minimum atomic E-state index is -0.681. The molecule has 20 heavy (non-hydrogen) atoms. The molecule has 0 unspecified atom stereocenters. The highest BCUT2D eigenvalue weighted by atomic mass is 16.6. The van der Waals surface area contributed by atoms with E-state index in [2.05, 4.69) is 11.4 Å². The third-order valence-corrected chi connectivity index (χ3v) is 3.03. The summed E-state index contributed by atoms with van der Waals surface area (Å²) in [5, 5.41) is 2.60. The Morgan fingerprint density at radius 3 is 2.55 bits per heavy atom. The van der Waals surface area contributed by atoms with Gasteiger partial charge in [0, 0.05) is 0 Å². The van der Waals surface area contributed by atoms with Crippen LogP contribution in [0, 0.1) is 0 Å². The Kier molecular flexibility index (Phi) is 6.05. The number of allylic oxidation sites excluding steroid dienone is 1. The van der Waals surface area contributed by atoms with Gasteiger partial charge in [-0.2, -0.15) is 0 Å². The number of nitrogens with one attached hydrogen (secondary N) is 1. The van der Waals surface area contributed by atoms with Crippen molar-refractivity contribution >= 4 is 12.1 Å². The highest BCUT2D eigenvalue weighted by molar-refractivity contribution is 5.81. The van der Waals surface area contributed by atoms with Gasteiger partial charge in [0.15, 0.2) is 0 Å². The van der Waals surface area contributed by atoms with Crippen molar-refractivity contribution < 1.29 is 19.1 Å². The Labute approximate surface area is 120 Å². The molecule has 5 heteroatoms. The third-order valence-electron chi connectivity index (χ3n) is 3.03. The summed E-state index contributed by atoms with van der Waals surface area (Å²) < 4.78 is 9.92. The van der Waals surface area contributed by atoms with Crippen LogP contribution in [0.25, 0.3) is 0 Å². The molecule has 0 aliphatic heterocycles. The van der Waals surface area contributed by atoms with Gasteiger partial charge in [0.05, 0.1) is 7.11 Å². The molecule has 0 aromatic heterocycles. The predicted molar refractivity (Wildman–Crippen MR) is 76.3 cm³/mol. The molecule has 1 rings (SSSR count). The molecule has 5 nitrogen and oxygen atoms in total. The molecule has 1 aliphatic rings. The van der Waals surface area contributed by atoms with E-state index in [9.17, 15) is 9.59 Å². The van der Waals surface area contributed by atoms with Crippen LogP contribution in [0.3, 0.4) is 0 Å². The summed E-state index contributed by atoms with van der Waals surface area (Å²) in [5.74, 6) is -0.442. The number of amides is 1. The molecule has 0 saturated heterocycles. The second kappa shape index (κ2) is 7.31. The van der Waals surface area contributed by atoms with E-state index in [0.717, 1.165) is 19.3 Å². The summed E-state index contributed by atoms with van der Waals surface area (Å²) >= 11 is 0. The molecule has 0 bridgehead atoms. The molecule has 0 aromatic rings. The summed E-state index contributed by atoms with van der Waals surface area (Å²) in [6.07, 6.45) is 6.38.